The molecule has 4 aliphatic carbocycles. The lowest BCUT2D eigenvalue weighted by Crippen LogP contribution is -2.49. The van der Waals surface area contributed by atoms with Crippen molar-refractivity contribution in [2.75, 3.05) is 0 Å². The molecule has 0 amide bonds. The summed E-state index contributed by atoms with van der Waals surface area (Å²) in [7, 11) is 0. The highest BCUT2D eigenvalue weighted by atomic mass is 15.4. The first-order chi connectivity index (χ1) is 9.70. The van der Waals surface area contributed by atoms with E-state index < -0.39 is 0 Å². The van der Waals surface area contributed by atoms with Gasteiger partial charge >= 0.3 is 0 Å². The average Bonchev–Trinajstić information content (AvgIpc) is 2.80. The van der Waals surface area contributed by atoms with Gasteiger partial charge in [0.2, 0.25) is 0 Å². The van der Waals surface area contributed by atoms with E-state index in [1.807, 2.05) is 0 Å². The van der Waals surface area contributed by atoms with E-state index in [0.717, 1.165) is 37.1 Å². The first-order valence-corrected chi connectivity index (χ1v) is 8.40. The molecule has 4 saturated carbocycles. The van der Waals surface area contributed by atoms with Crippen LogP contribution in [0.15, 0.2) is 0 Å². The monoisotopic (exact) mass is 272 g/mol. The van der Waals surface area contributed by atoms with Crippen molar-refractivity contribution in [1.82, 2.24) is 14.8 Å². The summed E-state index contributed by atoms with van der Waals surface area (Å²) in [6, 6.07) is 0.272. The zero-order valence-electron chi connectivity index (χ0n) is 12.1. The molecule has 4 fully saturated rings. The fraction of sp³-hybridized carbons (Fsp3) is 0.875. The van der Waals surface area contributed by atoms with Crippen molar-refractivity contribution >= 4 is 0 Å². The Hall–Kier alpha value is -0.900. The number of aromatic nitrogens is 3. The number of aryl methyl sites for hydroxylation is 1. The standard InChI is InChI=1S/C16H24N4/c17-13-1-2-14-18-15(19-20(14)9-13)16-6-10-3-11(7-16)5-12(4-10)8-16/h10-13H,1-9,17H2. The van der Waals surface area contributed by atoms with Gasteiger partial charge in [0.1, 0.15) is 5.82 Å². The normalized spacial score (nSPS) is 45.6. The van der Waals surface area contributed by atoms with E-state index in [2.05, 4.69) is 4.68 Å². The van der Waals surface area contributed by atoms with Crippen LogP contribution in [0.4, 0.5) is 0 Å². The van der Waals surface area contributed by atoms with Crippen LogP contribution in [-0.2, 0) is 18.4 Å². The van der Waals surface area contributed by atoms with Gasteiger partial charge in [0, 0.05) is 17.9 Å². The van der Waals surface area contributed by atoms with Crippen molar-refractivity contribution in [2.45, 2.75) is 69.4 Å². The zero-order valence-corrected chi connectivity index (χ0v) is 12.1. The Morgan fingerprint density at radius 1 is 1.05 bits per heavy atom. The summed E-state index contributed by atoms with van der Waals surface area (Å²) >= 11 is 0. The van der Waals surface area contributed by atoms with Crippen LogP contribution in [0, 0.1) is 17.8 Å². The lowest BCUT2D eigenvalue weighted by atomic mass is 9.49. The number of nitrogens with zero attached hydrogens (tertiary/aromatic N) is 3. The van der Waals surface area contributed by atoms with Crippen LogP contribution < -0.4 is 5.73 Å². The SMILES string of the molecule is NC1CCc2nc(C34CC5CC(CC(C5)C3)C4)nn2C1. The Morgan fingerprint density at radius 3 is 2.35 bits per heavy atom. The van der Waals surface area contributed by atoms with Gasteiger partial charge in [-0.15, -0.1) is 0 Å². The molecule has 4 heteroatoms. The number of hydrogen-bond acceptors (Lipinski definition) is 3. The van der Waals surface area contributed by atoms with Crippen LogP contribution in [0.3, 0.4) is 0 Å². The predicted molar refractivity (Wildman–Crippen MR) is 76.2 cm³/mol. The molecule has 0 radical (unpaired) electrons. The predicted octanol–water partition coefficient (Wildman–Crippen LogP) is 2.02. The van der Waals surface area contributed by atoms with Crippen molar-refractivity contribution in [3.63, 3.8) is 0 Å². The molecule has 4 bridgehead atoms. The van der Waals surface area contributed by atoms with E-state index >= 15 is 0 Å². The van der Waals surface area contributed by atoms with Crippen LogP contribution >= 0.6 is 0 Å². The van der Waals surface area contributed by atoms with Crippen molar-refractivity contribution in [1.29, 1.82) is 0 Å². The molecule has 2 N–H and O–H groups in total. The zero-order chi connectivity index (χ0) is 13.3. The highest BCUT2D eigenvalue weighted by Gasteiger charge is 2.53. The highest BCUT2D eigenvalue weighted by molar-refractivity contribution is 5.18. The Morgan fingerprint density at radius 2 is 1.70 bits per heavy atom. The van der Waals surface area contributed by atoms with Gasteiger partial charge in [-0.25, -0.2) is 9.67 Å². The van der Waals surface area contributed by atoms with Crippen LogP contribution in [0.2, 0.25) is 0 Å². The van der Waals surface area contributed by atoms with Crippen molar-refractivity contribution < 1.29 is 0 Å². The van der Waals surface area contributed by atoms with E-state index in [0.29, 0.717) is 5.41 Å². The van der Waals surface area contributed by atoms with E-state index in [1.54, 1.807) is 0 Å². The second kappa shape index (κ2) is 3.85. The molecule has 108 valence electrons. The third-order valence-electron chi connectivity index (χ3n) is 6.41. The molecule has 6 rings (SSSR count). The fourth-order valence-electron chi connectivity index (χ4n) is 5.94. The molecule has 2 heterocycles. The van der Waals surface area contributed by atoms with Crippen molar-refractivity contribution in [2.24, 2.45) is 23.5 Å². The van der Waals surface area contributed by atoms with E-state index in [1.165, 1.54) is 50.2 Å². The topological polar surface area (TPSA) is 56.7 Å². The summed E-state index contributed by atoms with van der Waals surface area (Å²) in [6.45, 7) is 0.870. The minimum atomic E-state index is 0.272. The minimum Gasteiger partial charge on any atom is -0.326 e. The number of hydrogen-bond donors (Lipinski definition) is 1. The number of fused-ring (bicyclic) bond motifs is 1. The second-order valence-corrected chi connectivity index (χ2v) is 8.03. The summed E-state index contributed by atoms with van der Waals surface area (Å²) in [5.74, 6) is 5.26. The third-order valence-corrected chi connectivity index (χ3v) is 6.41. The van der Waals surface area contributed by atoms with Gasteiger partial charge in [0.15, 0.2) is 5.82 Å². The Labute approximate surface area is 120 Å². The maximum atomic E-state index is 6.08. The van der Waals surface area contributed by atoms with Crippen LogP contribution in [0.5, 0.6) is 0 Å². The Bertz CT molecular complexity index is 511. The summed E-state index contributed by atoms with van der Waals surface area (Å²) in [6.07, 6.45) is 10.6. The Balaban J connectivity index is 1.53. The molecule has 1 atom stereocenters. The minimum absolute atomic E-state index is 0.272. The van der Waals surface area contributed by atoms with Gasteiger partial charge in [0.25, 0.3) is 0 Å². The van der Waals surface area contributed by atoms with Crippen molar-refractivity contribution in [3.8, 4) is 0 Å². The van der Waals surface area contributed by atoms with Gasteiger partial charge in [-0.05, 0) is 62.7 Å². The fourth-order valence-corrected chi connectivity index (χ4v) is 5.94. The molecule has 0 spiro atoms. The van der Waals surface area contributed by atoms with Crippen LogP contribution in [0.1, 0.15) is 56.6 Å². The highest BCUT2D eigenvalue weighted by Crippen LogP contribution is 2.60. The molecule has 20 heavy (non-hydrogen) atoms. The third kappa shape index (κ3) is 1.57. The average molecular weight is 272 g/mol. The van der Waals surface area contributed by atoms with Gasteiger partial charge in [-0.3, -0.25) is 0 Å². The lowest BCUT2D eigenvalue weighted by Gasteiger charge is -2.55. The second-order valence-electron chi connectivity index (χ2n) is 8.03. The van der Waals surface area contributed by atoms with Gasteiger partial charge in [-0.1, -0.05) is 0 Å². The maximum absolute atomic E-state index is 6.08. The first-order valence-electron chi connectivity index (χ1n) is 8.40. The van der Waals surface area contributed by atoms with Gasteiger partial charge < -0.3 is 5.73 Å². The van der Waals surface area contributed by atoms with Crippen LogP contribution in [0.25, 0.3) is 0 Å². The molecule has 1 aliphatic heterocycles. The molecular weight excluding hydrogens is 248 g/mol. The summed E-state index contributed by atoms with van der Waals surface area (Å²) in [4.78, 5) is 4.97. The van der Waals surface area contributed by atoms with Gasteiger partial charge in [0.05, 0.1) is 6.54 Å². The molecule has 0 saturated heterocycles. The molecular formula is C16H24N4. The summed E-state index contributed by atoms with van der Waals surface area (Å²) in [5, 5.41) is 4.92. The molecule has 1 aromatic rings. The molecule has 1 unspecified atom stereocenters. The largest absolute Gasteiger partial charge is 0.326 e. The maximum Gasteiger partial charge on any atom is 0.157 e. The smallest absolute Gasteiger partial charge is 0.157 e. The lowest BCUT2D eigenvalue weighted by molar-refractivity contribution is -0.00946. The molecule has 0 aromatic carbocycles. The molecule has 5 aliphatic rings. The van der Waals surface area contributed by atoms with Crippen LogP contribution in [-0.4, -0.2) is 20.8 Å². The van der Waals surface area contributed by atoms with Crippen molar-refractivity contribution in [3.05, 3.63) is 11.6 Å². The summed E-state index contributed by atoms with van der Waals surface area (Å²) < 4.78 is 2.11. The van der Waals surface area contributed by atoms with E-state index in [9.17, 15) is 0 Å². The van der Waals surface area contributed by atoms with Gasteiger partial charge in [-0.2, -0.15) is 5.10 Å². The van der Waals surface area contributed by atoms with E-state index in [-0.39, 0.29) is 6.04 Å². The van der Waals surface area contributed by atoms with E-state index in [4.69, 9.17) is 15.8 Å². The number of nitrogens with two attached hydrogens (primary N) is 1. The molecule has 1 aromatic heterocycles. The molecule has 4 nitrogen and oxygen atoms in total. The number of rotatable bonds is 1. The quantitative estimate of drug-likeness (QED) is 0.851. The summed E-state index contributed by atoms with van der Waals surface area (Å²) in [5.41, 5.74) is 6.41. The first kappa shape index (κ1) is 11.7. The Kier molecular flexibility index (Phi) is 2.25.